The first-order valence-corrected chi connectivity index (χ1v) is 8.00. The number of para-hydroxylation sites is 1. The number of nitrogens with one attached hydrogen (secondary N) is 1. The highest BCUT2D eigenvalue weighted by Gasteiger charge is 2.23. The SMILES string of the molecule is O=c1[nH]c(-c2ccco2)nc2c1CN(Cc1cccc(O)c1O)CC2. The summed E-state index contributed by atoms with van der Waals surface area (Å²) < 4.78 is 5.30. The fraction of sp³-hybridized carbons (Fsp3) is 0.222. The second kappa shape index (κ2) is 6.10. The van der Waals surface area contributed by atoms with Gasteiger partial charge in [0.25, 0.3) is 5.56 Å². The Labute approximate surface area is 143 Å². The van der Waals surface area contributed by atoms with Crippen LogP contribution in [0, 0.1) is 0 Å². The molecule has 25 heavy (non-hydrogen) atoms. The Hall–Kier alpha value is -3.06. The molecule has 128 valence electrons. The van der Waals surface area contributed by atoms with Crippen LogP contribution in [0.5, 0.6) is 11.5 Å². The van der Waals surface area contributed by atoms with Crippen molar-refractivity contribution in [3.63, 3.8) is 0 Å². The van der Waals surface area contributed by atoms with Crippen molar-refractivity contribution in [2.24, 2.45) is 0 Å². The summed E-state index contributed by atoms with van der Waals surface area (Å²) in [6, 6.07) is 8.39. The number of hydrogen-bond donors (Lipinski definition) is 3. The van der Waals surface area contributed by atoms with E-state index in [1.807, 2.05) is 4.90 Å². The summed E-state index contributed by atoms with van der Waals surface area (Å²) >= 11 is 0. The molecule has 0 saturated carbocycles. The minimum Gasteiger partial charge on any atom is -0.504 e. The number of aromatic nitrogens is 2. The van der Waals surface area contributed by atoms with E-state index < -0.39 is 0 Å². The number of aromatic amines is 1. The molecule has 0 saturated heterocycles. The van der Waals surface area contributed by atoms with Crippen LogP contribution < -0.4 is 5.56 Å². The average molecular weight is 339 g/mol. The molecule has 0 aliphatic carbocycles. The maximum absolute atomic E-state index is 12.4. The average Bonchev–Trinajstić information content (AvgIpc) is 3.14. The Morgan fingerprint density at radius 2 is 2.12 bits per heavy atom. The Morgan fingerprint density at radius 3 is 2.92 bits per heavy atom. The van der Waals surface area contributed by atoms with Gasteiger partial charge in [-0.25, -0.2) is 4.98 Å². The molecule has 7 nitrogen and oxygen atoms in total. The second-order valence-electron chi connectivity index (χ2n) is 6.06. The molecule has 3 N–H and O–H groups in total. The summed E-state index contributed by atoms with van der Waals surface area (Å²) in [5, 5.41) is 19.6. The Bertz CT molecular complexity index is 963. The van der Waals surface area contributed by atoms with Crippen molar-refractivity contribution in [2.75, 3.05) is 6.54 Å². The van der Waals surface area contributed by atoms with Gasteiger partial charge in [0.2, 0.25) is 0 Å². The van der Waals surface area contributed by atoms with Crippen molar-refractivity contribution in [3.05, 3.63) is 63.8 Å². The van der Waals surface area contributed by atoms with E-state index in [9.17, 15) is 15.0 Å². The lowest BCUT2D eigenvalue weighted by atomic mass is 10.1. The lowest BCUT2D eigenvalue weighted by molar-refractivity contribution is 0.238. The van der Waals surface area contributed by atoms with Crippen LogP contribution >= 0.6 is 0 Å². The highest BCUT2D eigenvalue weighted by Crippen LogP contribution is 2.30. The van der Waals surface area contributed by atoms with Gasteiger partial charge < -0.3 is 19.6 Å². The van der Waals surface area contributed by atoms with E-state index in [-0.39, 0.29) is 17.1 Å². The lowest BCUT2D eigenvalue weighted by Gasteiger charge is -2.27. The molecule has 3 aromatic rings. The molecule has 2 aromatic heterocycles. The highest BCUT2D eigenvalue weighted by atomic mass is 16.3. The minimum atomic E-state index is -0.179. The van der Waals surface area contributed by atoms with Crippen LogP contribution in [0.15, 0.2) is 45.8 Å². The molecule has 1 aromatic carbocycles. The van der Waals surface area contributed by atoms with Gasteiger partial charge in [0.1, 0.15) is 0 Å². The minimum absolute atomic E-state index is 0.117. The van der Waals surface area contributed by atoms with Crippen LogP contribution in [0.1, 0.15) is 16.8 Å². The number of fused-ring (bicyclic) bond motifs is 1. The molecular weight excluding hydrogens is 322 g/mol. The fourth-order valence-corrected chi connectivity index (χ4v) is 3.09. The first-order chi connectivity index (χ1) is 12.1. The van der Waals surface area contributed by atoms with Crippen LogP contribution in [0.3, 0.4) is 0 Å². The van der Waals surface area contributed by atoms with E-state index in [1.54, 1.807) is 24.3 Å². The Morgan fingerprint density at radius 1 is 1.24 bits per heavy atom. The zero-order valence-electron chi connectivity index (χ0n) is 13.4. The number of phenols is 2. The van der Waals surface area contributed by atoms with Crippen molar-refractivity contribution in [1.82, 2.24) is 14.9 Å². The topological polar surface area (TPSA) is 103 Å². The van der Waals surface area contributed by atoms with E-state index in [1.165, 1.54) is 12.3 Å². The highest BCUT2D eigenvalue weighted by molar-refractivity contribution is 5.47. The quantitative estimate of drug-likeness (QED) is 0.631. The van der Waals surface area contributed by atoms with Gasteiger partial charge in [-0.15, -0.1) is 0 Å². The van der Waals surface area contributed by atoms with Gasteiger partial charge in [-0.2, -0.15) is 0 Å². The standard InChI is InChI=1S/C18H17N3O4/c22-14-4-1-3-11(16(14)23)9-21-7-6-13-12(10-21)18(24)20-17(19-13)15-5-2-8-25-15/h1-5,8,22-23H,6-7,9-10H2,(H,19,20,24). The normalized spacial score (nSPS) is 14.4. The molecule has 3 heterocycles. The molecular formula is C18H17N3O4. The monoisotopic (exact) mass is 339 g/mol. The van der Waals surface area contributed by atoms with Gasteiger partial charge in [-0.05, 0) is 18.2 Å². The van der Waals surface area contributed by atoms with Gasteiger partial charge in [-0.1, -0.05) is 12.1 Å². The number of phenolic OH excluding ortho intramolecular Hbond substituents is 2. The number of H-pyrrole nitrogens is 1. The van der Waals surface area contributed by atoms with Crippen LogP contribution in [0.2, 0.25) is 0 Å². The number of nitrogens with zero attached hydrogens (tertiary/aromatic N) is 2. The van der Waals surface area contributed by atoms with Gasteiger partial charge >= 0.3 is 0 Å². The van der Waals surface area contributed by atoms with Gasteiger partial charge in [0, 0.05) is 31.6 Å². The Balaban J connectivity index is 1.59. The fourth-order valence-electron chi connectivity index (χ4n) is 3.09. The number of rotatable bonds is 3. The summed E-state index contributed by atoms with van der Waals surface area (Å²) in [6.07, 6.45) is 2.17. The van der Waals surface area contributed by atoms with Crippen molar-refractivity contribution in [3.8, 4) is 23.1 Å². The van der Waals surface area contributed by atoms with Gasteiger partial charge in [0.05, 0.1) is 17.5 Å². The van der Waals surface area contributed by atoms with Crippen LogP contribution in [0.4, 0.5) is 0 Å². The Kier molecular flexibility index (Phi) is 3.77. The number of furan rings is 1. The van der Waals surface area contributed by atoms with Gasteiger partial charge in [-0.3, -0.25) is 9.69 Å². The summed E-state index contributed by atoms with van der Waals surface area (Å²) in [4.78, 5) is 21.8. The zero-order valence-corrected chi connectivity index (χ0v) is 13.4. The molecule has 7 heteroatoms. The third-order valence-electron chi connectivity index (χ3n) is 4.39. The summed E-state index contributed by atoms with van der Waals surface area (Å²) in [5.41, 5.74) is 1.84. The maximum Gasteiger partial charge on any atom is 0.256 e. The van der Waals surface area contributed by atoms with Crippen LogP contribution in [-0.2, 0) is 19.5 Å². The van der Waals surface area contributed by atoms with Crippen molar-refractivity contribution < 1.29 is 14.6 Å². The van der Waals surface area contributed by atoms with Crippen molar-refractivity contribution in [2.45, 2.75) is 19.5 Å². The molecule has 0 unspecified atom stereocenters. The molecule has 0 atom stereocenters. The molecule has 0 radical (unpaired) electrons. The molecule has 0 amide bonds. The van der Waals surface area contributed by atoms with Crippen molar-refractivity contribution in [1.29, 1.82) is 0 Å². The third-order valence-corrected chi connectivity index (χ3v) is 4.39. The number of benzene rings is 1. The van der Waals surface area contributed by atoms with Crippen LogP contribution in [-0.4, -0.2) is 31.6 Å². The second-order valence-corrected chi connectivity index (χ2v) is 6.06. The van der Waals surface area contributed by atoms with Gasteiger partial charge in [0.15, 0.2) is 23.1 Å². The summed E-state index contributed by atoms with van der Waals surface area (Å²) in [5.74, 6) is 0.714. The molecule has 1 aliphatic heterocycles. The molecule has 0 bridgehead atoms. The van der Waals surface area contributed by atoms with E-state index in [4.69, 9.17) is 4.42 Å². The zero-order chi connectivity index (χ0) is 17.4. The van der Waals surface area contributed by atoms with Crippen LogP contribution in [0.25, 0.3) is 11.6 Å². The molecule has 1 aliphatic rings. The maximum atomic E-state index is 12.4. The van der Waals surface area contributed by atoms with E-state index in [0.29, 0.717) is 48.8 Å². The predicted octanol–water partition coefficient (Wildman–Crippen LogP) is 2.00. The van der Waals surface area contributed by atoms with Crippen molar-refractivity contribution >= 4 is 0 Å². The smallest absolute Gasteiger partial charge is 0.256 e. The van der Waals surface area contributed by atoms with E-state index in [2.05, 4.69) is 9.97 Å². The largest absolute Gasteiger partial charge is 0.504 e. The lowest BCUT2D eigenvalue weighted by Crippen LogP contribution is -2.35. The van der Waals surface area contributed by atoms with E-state index >= 15 is 0 Å². The summed E-state index contributed by atoms with van der Waals surface area (Å²) in [7, 11) is 0. The first-order valence-electron chi connectivity index (χ1n) is 8.00. The molecule has 0 fully saturated rings. The summed E-state index contributed by atoms with van der Waals surface area (Å²) in [6.45, 7) is 1.58. The number of aromatic hydroxyl groups is 2. The predicted molar refractivity (Wildman–Crippen MR) is 90.1 cm³/mol. The number of hydrogen-bond acceptors (Lipinski definition) is 6. The molecule has 0 spiro atoms. The first kappa shape index (κ1) is 15.5. The van der Waals surface area contributed by atoms with E-state index in [0.717, 1.165) is 5.69 Å². The third kappa shape index (κ3) is 2.89. The molecule has 4 rings (SSSR count).